The highest BCUT2D eigenvalue weighted by Crippen LogP contribution is 2.21. The summed E-state index contributed by atoms with van der Waals surface area (Å²) in [5.41, 5.74) is 7.52. The van der Waals surface area contributed by atoms with Gasteiger partial charge in [0.2, 0.25) is 0 Å². The molecule has 1 unspecified atom stereocenters. The molecule has 1 aromatic rings. The van der Waals surface area contributed by atoms with Crippen LogP contribution in [0.3, 0.4) is 0 Å². The molecule has 0 aliphatic rings. The molecule has 0 saturated carbocycles. The second-order valence-electron chi connectivity index (χ2n) is 6.11. The maximum Gasteiger partial charge on any atom is 0.0640 e. The van der Waals surface area contributed by atoms with Crippen LogP contribution in [0.15, 0.2) is 12.3 Å². The molecule has 1 atom stereocenters. The van der Waals surface area contributed by atoms with Gasteiger partial charge < -0.3 is 5.73 Å². The van der Waals surface area contributed by atoms with Crippen molar-refractivity contribution in [2.45, 2.75) is 59.5 Å². The molecule has 0 aromatic carbocycles. The van der Waals surface area contributed by atoms with E-state index in [1.165, 1.54) is 0 Å². The van der Waals surface area contributed by atoms with Gasteiger partial charge in [0.05, 0.1) is 5.69 Å². The third-order valence-corrected chi connectivity index (χ3v) is 2.54. The van der Waals surface area contributed by atoms with Gasteiger partial charge in [-0.3, -0.25) is 4.68 Å². The Labute approximate surface area is 99.0 Å². The molecular formula is C13H25N3. The molecule has 0 spiro atoms. The highest BCUT2D eigenvalue weighted by atomic mass is 15.3. The average Bonchev–Trinajstić information content (AvgIpc) is 2.48. The minimum atomic E-state index is 0.204. The zero-order chi connectivity index (χ0) is 12.3. The maximum absolute atomic E-state index is 6.13. The summed E-state index contributed by atoms with van der Waals surface area (Å²) in [7, 11) is 0. The van der Waals surface area contributed by atoms with Gasteiger partial charge in [0.1, 0.15) is 0 Å². The monoisotopic (exact) mass is 223 g/mol. The molecule has 92 valence electrons. The first-order chi connectivity index (χ1) is 7.28. The standard InChI is InChI=1S/C13H25N3/c1-10(2)16-7-6-12(15-16)8-11(14)9-13(3,4)5/h6-7,10-11H,8-9,14H2,1-5H3. The lowest BCUT2D eigenvalue weighted by atomic mass is 9.87. The van der Waals surface area contributed by atoms with E-state index in [0.29, 0.717) is 11.5 Å². The number of aromatic nitrogens is 2. The van der Waals surface area contributed by atoms with Crippen LogP contribution < -0.4 is 5.73 Å². The summed E-state index contributed by atoms with van der Waals surface area (Å²) in [4.78, 5) is 0. The van der Waals surface area contributed by atoms with E-state index in [2.05, 4.69) is 45.8 Å². The molecule has 3 heteroatoms. The van der Waals surface area contributed by atoms with Crippen molar-refractivity contribution >= 4 is 0 Å². The van der Waals surface area contributed by atoms with Gasteiger partial charge in [-0.05, 0) is 31.7 Å². The van der Waals surface area contributed by atoms with Crippen LogP contribution in [0.25, 0.3) is 0 Å². The Hall–Kier alpha value is -0.830. The molecule has 0 amide bonds. The van der Waals surface area contributed by atoms with Gasteiger partial charge in [0.15, 0.2) is 0 Å². The van der Waals surface area contributed by atoms with Gasteiger partial charge in [0, 0.05) is 24.7 Å². The molecule has 0 fully saturated rings. The van der Waals surface area contributed by atoms with E-state index in [1.54, 1.807) is 0 Å². The van der Waals surface area contributed by atoms with Crippen molar-refractivity contribution < 1.29 is 0 Å². The van der Waals surface area contributed by atoms with E-state index in [1.807, 2.05) is 10.9 Å². The van der Waals surface area contributed by atoms with E-state index < -0.39 is 0 Å². The molecule has 16 heavy (non-hydrogen) atoms. The van der Waals surface area contributed by atoms with Crippen molar-refractivity contribution in [2.75, 3.05) is 0 Å². The minimum absolute atomic E-state index is 0.204. The Morgan fingerprint density at radius 1 is 1.38 bits per heavy atom. The van der Waals surface area contributed by atoms with Crippen LogP contribution in [-0.2, 0) is 6.42 Å². The van der Waals surface area contributed by atoms with Gasteiger partial charge in [-0.25, -0.2) is 0 Å². The minimum Gasteiger partial charge on any atom is -0.327 e. The first-order valence-electron chi connectivity index (χ1n) is 6.07. The first-order valence-corrected chi connectivity index (χ1v) is 6.07. The van der Waals surface area contributed by atoms with Crippen molar-refractivity contribution in [3.05, 3.63) is 18.0 Å². The summed E-state index contributed by atoms with van der Waals surface area (Å²) < 4.78 is 1.99. The molecule has 0 saturated heterocycles. The van der Waals surface area contributed by atoms with Crippen molar-refractivity contribution in [3.63, 3.8) is 0 Å². The average molecular weight is 223 g/mol. The van der Waals surface area contributed by atoms with E-state index in [9.17, 15) is 0 Å². The van der Waals surface area contributed by atoms with Crippen LogP contribution in [0, 0.1) is 5.41 Å². The molecule has 0 aliphatic carbocycles. The lowest BCUT2D eigenvalue weighted by molar-refractivity contribution is 0.337. The van der Waals surface area contributed by atoms with Crippen molar-refractivity contribution in [1.29, 1.82) is 0 Å². The molecule has 1 heterocycles. The Morgan fingerprint density at radius 2 is 2.00 bits per heavy atom. The molecule has 3 nitrogen and oxygen atoms in total. The summed E-state index contributed by atoms with van der Waals surface area (Å²) in [6, 6.07) is 2.70. The summed E-state index contributed by atoms with van der Waals surface area (Å²) in [6.07, 6.45) is 3.93. The van der Waals surface area contributed by atoms with Crippen LogP contribution in [0.5, 0.6) is 0 Å². The second-order valence-corrected chi connectivity index (χ2v) is 6.11. The maximum atomic E-state index is 6.13. The van der Waals surface area contributed by atoms with Crippen LogP contribution >= 0.6 is 0 Å². The number of nitrogens with zero attached hydrogens (tertiary/aromatic N) is 2. The van der Waals surface area contributed by atoms with Crippen molar-refractivity contribution in [3.8, 4) is 0 Å². The lowest BCUT2D eigenvalue weighted by Gasteiger charge is -2.22. The zero-order valence-corrected chi connectivity index (χ0v) is 11.2. The molecular weight excluding hydrogens is 198 g/mol. The van der Waals surface area contributed by atoms with Crippen LogP contribution in [0.1, 0.15) is 52.8 Å². The summed E-state index contributed by atoms with van der Waals surface area (Å²) >= 11 is 0. The van der Waals surface area contributed by atoms with Crippen LogP contribution in [0.4, 0.5) is 0 Å². The van der Waals surface area contributed by atoms with Crippen LogP contribution in [0.2, 0.25) is 0 Å². The predicted molar refractivity (Wildman–Crippen MR) is 68.4 cm³/mol. The van der Waals surface area contributed by atoms with E-state index >= 15 is 0 Å². The highest BCUT2D eigenvalue weighted by molar-refractivity contribution is 5.02. The zero-order valence-electron chi connectivity index (χ0n) is 11.2. The Balaban J connectivity index is 2.53. The molecule has 0 aliphatic heterocycles. The number of nitrogens with two attached hydrogens (primary N) is 1. The summed E-state index contributed by atoms with van der Waals surface area (Å²) in [6.45, 7) is 10.9. The normalized spacial score (nSPS) is 14.4. The van der Waals surface area contributed by atoms with Gasteiger partial charge in [0.25, 0.3) is 0 Å². The lowest BCUT2D eigenvalue weighted by Crippen LogP contribution is -2.28. The highest BCUT2D eigenvalue weighted by Gasteiger charge is 2.16. The fourth-order valence-corrected chi connectivity index (χ4v) is 1.90. The third kappa shape index (κ3) is 4.35. The number of hydrogen-bond donors (Lipinski definition) is 1. The molecule has 2 N–H and O–H groups in total. The molecule has 1 aromatic heterocycles. The third-order valence-electron chi connectivity index (χ3n) is 2.54. The molecule has 0 bridgehead atoms. The van der Waals surface area contributed by atoms with Crippen LogP contribution in [-0.4, -0.2) is 15.8 Å². The summed E-state index contributed by atoms with van der Waals surface area (Å²) in [5.74, 6) is 0. The number of hydrogen-bond acceptors (Lipinski definition) is 2. The SMILES string of the molecule is CC(C)n1ccc(CC(N)CC(C)(C)C)n1. The van der Waals surface area contributed by atoms with Crippen molar-refractivity contribution in [1.82, 2.24) is 9.78 Å². The van der Waals surface area contributed by atoms with E-state index in [4.69, 9.17) is 5.73 Å². The first kappa shape index (κ1) is 13.2. The predicted octanol–water partition coefficient (Wildman–Crippen LogP) is 2.77. The smallest absolute Gasteiger partial charge is 0.0640 e. The van der Waals surface area contributed by atoms with E-state index in [-0.39, 0.29) is 6.04 Å². The topological polar surface area (TPSA) is 43.8 Å². The quantitative estimate of drug-likeness (QED) is 0.853. The van der Waals surface area contributed by atoms with Crippen molar-refractivity contribution in [2.24, 2.45) is 11.1 Å². The number of rotatable bonds is 4. The fourth-order valence-electron chi connectivity index (χ4n) is 1.90. The van der Waals surface area contributed by atoms with Gasteiger partial charge >= 0.3 is 0 Å². The largest absolute Gasteiger partial charge is 0.327 e. The van der Waals surface area contributed by atoms with Gasteiger partial charge in [-0.2, -0.15) is 5.10 Å². The fraction of sp³-hybridized carbons (Fsp3) is 0.769. The van der Waals surface area contributed by atoms with E-state index in [0.717, 1.165) is 18.5 Å². The second kappa shape index (κ2) is 5.00. The van der Waals surface area contributed by atoms with Gasteiger partial charge in [-0.15, -0.1) is 0 Å². The summed E-state index contributed by atoms with van der Waals surface area (Å²) in [5, 5.41) is 4.52. The molecule has 0 radical (unpaired) electrons. The Morgan fingerprint density at radius 3 is 2.44 bits per heavy atom. The Bertz CT molecular complexity index is 320. The Kier molecular flexibility index (Phi) is 4.14. The molecule has 1 rings (SSSR count). The van der Waals surface area contributed by atoms with Gasteiger partial charge in [-0.1, -0.05) is 20.8 Å².